The van der Waals surface area contributed by atoms with Crippen LogP contribution in [0.15, 0.2) is 22.7 Å². The molecule has 0 bridgehead atoms. The molecule has 0 aliphatic rings. The van der Waals surface area contributed by atoms with Crippen LogP contribution in [0.3, 0.4) is 0 Å². The number of ether oxygens (including phenoxy) is 1. The maximum Gasteiger partial charge on any atom is 0.315 e. The van der Waals surface area contributed by atoms with Crippen LogP contribution in [0.5, 0.6) is 0 Å². The Kier molecular flexibility index (Phi) is 3.89. The molecule has 0 aliphatic carbocycles. The molecular weight excluding hydrogens is 251 g/mol. The van der Waals surface area contributed by atoms with E-state index < -0.39 is 5.97 Å². The molecule has 0 saturated carbocycles. The molecule has 0 amide bonds. The van der Waals surface area contributed by atoms with Crippen molar-refractivity contribution in [2.45, 2.75) is 20.3 Å². The second-order valence-electron chi connectivity index (χ2n) is 3.95. The van der Waals surface area contributed by atoms with E-state index in [0.29, 0.717) is 12.2 Å². The van der Waals surface area contributed by atoms with E-state index >= 15 is 0 Å². The maximum absolute atomic E-state index is 13.2. The normalized spacial score (nSPS) is 10.5. The highest BCUT2D eigenvalue weighted by molar-refractivity contribution is 5.71. The smallest absolute Gasteiger partial charge is 0.315 e. The minimum Gasteiger partial charge on any atom is -0.466 e. The van der Waals surface area contributed by atoms with Gasteiger partial charge in [0.2, 0.25) is 11.7 Å². The van der Waals surface area contributed by atoms with Crippen molar-refractivity contribution < 1.29 is 18.4 Å². The first-order valence-corrected chi connectivity index (χ1v) is 5.85. The summed E-state index contributed by atoms with van der Waals surface area (Å²) in [6, 6.07) is 4.32. The zero-order valence-corrected chi connectivity index (χ0v) is 10.6. The average molecular weight is 264 g/mol. The summed E-state index contributed by atoms with van der Waals surface area (Å²) >= 11 is 0. The number of carbonyl (C=O) groups is 1. The number of benzene rings is 1. The summed E-state index contributed by atoms with van der Waals surface area (Å²) in [6.07, 6.45) is -0.0881. The van der Waals surface area contributed by atoms with E-state index in [4.69, 9.17) is 9.26 Å². The third-order valence-corrected chi connectivity index (χ3v) is 2.51. The molecule has 0 fully saturated rings. The van der Waals surface area contributed by atoms with Gasteiger partial charge in [0, 0.05) is 5.56 Å². The van der Waals surface area contributed by atoms with Gasteiger partial charge in [-0.1, -0.05) is 11.2 Å². The molecule has 0 N–H and O–H groups in total. The molecule has 0 spiro atoms. The van der Waals surface area contributed by atoms with Crippen molar-refractivity contribution in [3.05, 3.63) is 35.5 Å². The number of aryl methyl sites for hydroxylation is 1. The molecule has 0 atom stereocenters. The van der Waals surface area contributed by atoms with Crippen LogP contribution in [0.25, 0.3) is 11.4 Å². The Morgan fingerprint density at radius 1 is 1.47 bits per heavy atom. The van der Waals surface area contributed by atoms with E-state index in [-0.39, 0.29) is 24.0 Å². The highest BCUT2D eigenvalue weighted by atomic mass is 19.1. The third kappa shape index (κ3) is 3.15. The van der Waals surface area contributed by atoms with Gasteiger partial charge < -0.3 is 9.26 Å². The molecule has 0 radical (unpaired) electrons. The summed E-state index contributed by atoms with van der Waals surface area (Å²) in [4.78, 5) is 15.3. The maximum atomic E-state index is 13.2. The standard InChI is InChI=1S/C13H13FN2O3/c1-3-18-12(17)7-11-15-13(16-19-11)10-6-9(14)5-4-8(10)2/h4-6H,3,7H2,1-2H3. The number of rotatable bonds is 4. The van der Waals surface area contributed by atoms with E-state index in [1.54, 1.807) is 13.0 Å². The Morgan fingerprint density at radius 2 is 2.26 bits per heavy atom. The molecule has 0 saturated heterocycles. The number of hydrogen-bond acceptors (Lipinski definition) is 5. The number of hydrogen-bond donors (Lipinski definition) is 0. The fourth-order valence-corrected chi connectivity index (χ4v) is 1.61. The van der Waals surface area contributed by atoms with Gasteiger partial charge in [-0.3, -0.25) is 4.79 Å². The monoisotopic (exact) mass is 264 g/mol. The zero-order valence-electron chi connectivity index (χ0n) is 10.6. The first-order chi connectivity index (χ1) is 9.10. The fraction of sp³-hybridized carbons (Fsp3) is 0.308. The predicted octanol–water partition coefficient (Wildman–Crippen LogP) is 2.29. The minimum absolute atomic E-state index is 0.0881. The van der Waals surface area contributed by atoms with E-state index in [9.17, 15) is 9.18 Å². The molecule has 1 aromatic heterocycles. The topological polar surface area (TPSA) is 65.2 Å². The van der Waals surface area contributed by atoms with Crippen LogP contribution >= 0.6 is 0 Å². The second kappa shape index (κ2) is 5.60. The van der Waals surface area contributed by atoms with Crippen molar-refractivity contribution in [3.8, 4) is 11.4 Å². The molecule has 0 aliphatic heterocycles. The lowest BCUT2D eigenvalue weighted by atomic mass is 10.1. The molecule has 0 unspecified atom stereocenters. The molecule has 100 valence electrons. The Balaban J connectivity index is 2.21. The molecule has 1 heterocycles. The fourth-order valence-electron chi connectivity index (χ4n) is 1.61. The summed E-state index contributed by atoms with van der Waals surface area (Å²) in [7, 11) is 0. The Bertz CT molecular complexity index is 595. The second-order valence-corrected chi connectivity index (χ2v) is 3.95. The van der Waals surface area contributed by atoms with Crippen LogP contribution in [-0.2, 0) is 16.0 Å². The van der Waals surface area contributed by atoms with Crippen molar-refractivity contribution in [2.24, 2.45) is 0 Å². The van der Waals surface area contributed by atoms with E-state index in [1.165, 1.54) is 12.1 Å². The lowest BCUT2D eigenvalue weighted by Crippen LogP contribution is -2.07. The highest BCUT2D eigenvalue weighted by Gasteiger charge is 2.14. The van der Waals surface area contributed by atoms with Crippen molar-refractivity contribution in [1.82, 2.24) is 10.1 Å². The van der Waals surface area contributed by atoms with Gasteiger partial charge in [0.05, 0.1) is 6.61 Å². The van der Waals surface area contributed by atoms with Gasteiger partial charge in [-0.25, -0.2) is 4.39 Å². The quantitative estimate of drug-likeness (QED) is 0.793. The number of nitrogens with zero attached hydrogens (tertiary/aromatic N) is 2. The number of carbonyl (C=O) groups excluding carboxylic acids is 1. The van der Waals surface area contributed by atoms with Crippen LogP contribution in [-0.4, -0.2) is 22.7 Å². The van der Waals surface area contributed by atoms with E-state index in [0.717, 1.165) is 5.56 Å². The Morgan fingerprint density at radius 3 is 3.00 bits per heavy atom. The van der Waals surface area contributed by atoms with Gasteiger partial charge in [0.25, 0.3) is 0 Å². The Hall–Kier alpha value is -2.24. The van der Waals surface area contributed by atoms with E-state index in [1.807, 2.05) is 6.92 Å². The first-order valence-electron chi connectivity index (χ1n) is 5.85. The summed E-state index contributed by atoms with van der Waals surface area (Å²) in [5, 5.41) is 3.74. The molecule has 2 rings (SSSR count). The van der Waals surface area contributed by atoms with Crippen molar-refractivity contribution in [1.29, 1.82) is 0 Å². The lowest BCUT2D eigenvalue weighted by molar-refractivity contribution is -0.142. The molecular formula is C13H13FN2O3. The van der Waals surface area contributed by atoms with Crippen LogP contribution in [0.4, 0.5) is 4.39 Å². The minimum atomic E-state index is -0.436. The van der Waals surface area contributed by atoms with Crippen LogP contribution < -0.4 is 0 Å². The summed E-state index contributed by atoms with van der Waals surface area (Å²) in [5.74, 6) is -0.403. The lowest BCUT2D eigenvalue weighted by Gasteiger charge is -1.99. The van der Waals surface area contributed by atoms with Gasteiger partial charge in [-0.05, 0) is 31.5 Å². The van der Waals surface area contributed by atoms with Crippen LogP contribution in [0.2, 0.25) is 0 Å². The predicted molar refractivity (Wildman–Crippen MR) is 64.8 cm³/mol. The third-order valence-electron chi connectivity index (χ3n) is 2.51. The van der Waals surface area contributed by atoms with Gasteiger partial charge in [0.1, 0.15) is 12.2 Å². The van der Waals surface area contributed by atoms with Crippen LogP contribution in [0, 0.1) is 12.7 Å². The molecule has 6 heteroatoms. The largest absolute Gasteiger partial charge is 0.466 e. The highest BCUT2D eigenvalue weighted by Crippen LogP contribution is 2.21. The molecule has 5 nitrogen and oxygen atoms in total. The summed E-state index contributed by atoms with van der Waals surface area (Å²) in [5.41, 5.74) is 1.36. The SMILES string of the molecule is CCOC(=O)Cc1nc(-c2cc(F)ccc2C)no1. The van der Waals surface area contributed by atoms with E-state index in [2.05, 4.69) is 10.1 Å². The van der Waals surface area contributed by atoms with Crippen LogP contribution in [0.1, 0.15) is 18.4 Å². The average Bonchev–Trinajstić information content (AvgIpc) is 2.81. The number of esters is 1. The van der Waals surface area contributed by atoms with Crippen molar-refractivity contribution in [3.63, 3.8) is 0 Å². The van der Waals surface area contributed by atoms with Gasteiger partial charge in [0.15, 0.2) is 0 Å². The molecule has 1 aromatic carbocycles. The summed E-state index contributed by atoms with van der Waals surface area (Å²) in [6.45, 7) is 3.83. The number of halogens is 1. The Labute approximate surface area is 109 Å². The molecule has 19 heavy (non-hydrogen) atoms. The number of aromatic nitrogens is 2. The van der Waals surface area contributed by atoms with Gasteiger partial charge in [-0.2, -0.15) is 4.98 Å². The first kappa shape index (κ1) is 13.2. The van der Waals surface area contributed by atoms with Gasteiger partial charge >= 0.3 is 5.97 Å². The zero-order chi connectivity index (χ0) is 13.8. The van der Waals surface area contributed by atoms with Crippen molar-refractivity contribution >= 4 is 5.97 Å². The summed E-state index contributed by atoms with van der Waals surface area (Å²) < 4.78 is 22.9. The van der Waals surface area contributed by atoms with Crippen molar-refractivity contribution in [2.75, 3.05) is 6.61 Å². The van der Waals surface area contributed by atoms with Gasteiger partial charge in [-0.15, -0.1) is 0 Å². The molecule has 2 aromatic rings.